The maximum absolute atomic E-state index is 3.73. The molecule has 1 saturated carbocycles. The molecule has 2 heteroatoms. The molecule has 0 saturated heterocycles. The lowest BCUT2D eigenvalue weighted by Crippen LogP contribution is -2.51. The summed E-state index contributed by atoms with van der Waals surface area (Å²) in [6, 6.07) is 1.41. The molecule has 16 heavy (non-hydrogen) atoms. The molecule has 0 unspecified atom stereocenters. The molecule has 1 rings (SSSR count). The summed E-state index contributed by atoms with van der Waals surface area (Å²) in [7, 11) is 0. The summed E-state index contributed by atoms with van der Waals surface area (Å²) in [6.45, 7) is 11.5. The van der Waals surface area contributed by atoms with Crippen molar-refractivity contribution in [3.63, 3.8) is 0 Å². The predicted octanol–water partition coefficient (Wildman–Crippen LogP) is 2.79. The van der Waals surface area contributed by atoms with Crippen molar-refractivity contribution in [1.82, 2.24) is 10.6 Å². The van der Waals surface area contributed by atoms with Crippen LogP contribution in [0.2, 0.25) is 0 Å². The monoisotopic (exact) mass is 226 g/mol. The van der Waals surface area contributed by atoms with Crippen LogP contribution in [-0.2, 0) is 0 Å². The third-order valence-electron chi connectivity index (χ3n) is 3.34. The first-order valence-corrected chi connectivity index (χ1v) is 7.06. The van der Waals surface area contributed by atoms with Gasteiger partial charge in [-0.25, -0.2) is 0 Å². The van der Waals surface area contributed by atoms with Crippen molar-refractivity contribution in [3.05, 3.63) is 0 Å². The van der Waals surface area contributed by atoms with Crippen LogP contribution in [0.4, 0.5) is 0 Å². The Morgan fingerprint density at radius 1 is 0.812 bits per heavy atom. The number of rotatable bonds is 6. The van der Waals surface area contributed by atoms with Crippen LogP contribution >= 0.6 is 0 Å². The number of hydrogen-bond donors (Lipinski definition) is 2. The molecule has 2 N–H and O–H groups in total. The first-order chi connectivity index (χ1) is 7.59. The van der Waals surface area contributed by atoms with Crippen molar-refractivity contribution in [2.45, 2.75) is 65.5 Å². The Kier molecular flexibility index (Phi) is 6.37. The van der Waals surface area contributed by atoms with E-state index in [0.29, 0.717) is 12.1 Å². The molecule has 0 aromatic rings. The summed E-state index contributed by atoms with van der Waals surface area (Å²) in [5, 5.41) is 7.46. The number of nitrogens with one attached hydrogen (secondary N) is 2. The van der Waals surface area contributed by atoms with Crippen LogP contribution in [0.15, 0.2) is 0 Å². The molecular weight excluding hydrogens is 196 g/mol. The Hall–Kier alpha value is -0.0800. The molecule has 1 aliphatic rings. The minimum absolute atomic E-state index is 0.704. The topological polar surface area (TPSA) is 24.1 Å². The van der Waals surface area contributed by atoms with Gasteiger partial charge < -0.3 is 10.6 Å². The van der Waals surface area contributed by atoms with Gasteiger partial charge in [-0.2, -0.15) is 0 Å². The van der Waals surface area contributed by atoms with Crippen LogP contribution in [0.25, 0.3) is 0 Å². The molecule has 0 aromatic carbocycles. The zero-order chi connectivity index (χ0) is 12.0. The van der Waals surface area contributed by atoms with Gasteiger partial charge in [-0.05, 0) is 37.8 Å². The third kappa shape index (κ3) is 5.31. The highest BCUT2D eigenvalue weighted by atomic mass is 15.0. The maximum Gasteiger partial charge on any atom is 0.0221 e. The van der Waals surface area contributed by atoms with E-state index in [-0.39, 0.29) is 0 Å². The zero-order valence-electron chi connectivity index (χ0n) is 11.6. The van der Waals surface area contributed by atoms with E-state index in [2.05, 4.69) is 38.3 Å². The lowest BCUT2D eigenvalue weighted by Gasteiger charge is -2.34. The maximum atomic E-state index is 3.73. The van der Waals surface area contributed by atoms with Gasteiger partial charge in [-0.3, -0.25) is 0 Å². The predicted molar refractivity (Wildman–Crippen MR) is 71.7 cm³/mol. The smallest absolute Gasteiger partial charge is 0.0221 e. The third-order valence-corrected chi connectivity index (χ3v) is 3.34. The molecule has 0 spiro atoms. The second-order valence-electron chi connectivity index (χ2n) is 6.10. The van der Waals surface area contributed by atoms with E-state index in [1.165, 1.54) is 25.7 Å². The Morgan fingerprint density at radius 2 is 1.19 bits per heavy atom. The normalized spacial score (nSPS) is 26.6. The van der Waals surface area contributed by atoms with Crippen molar-refractivity contribution in [2.24, 2.45) is 11.8 Å². The van der Waals surface area contributed by atoms with Gasteiger partial charge in [-0.1, -0.05) is 40.5 Å². The Balaban J connectivity index is 2.31. The summed E-state index contributed by atoms with van der Waals surface area (Å²) in [4.78, 5) is 0. The summed E-state index contributed by atoms with van der Waals surface area (Å²) < 4.78 is 0. The molecule has 0 radical (unpaired) electrons. The van der Waals surface area contributed by atoms with Gasteiger partial charge >= 0.3 is 0 Å². The van der Waals surface area contributed by atoms with E-state index in [1.54, 1.807) is 0 Å². The molecule has 96 valence electrons. The summed E-state index contributed by atoms with van der Waals surface area (Å²) in [5.41, 5.74) is 0. The van der Waals surface area contributed by atoms with Crippen LogP contribution in [0.1, 0.15) is 53.4 Å². The second-order valence-corrected chi connectivity index (χ2v) is 6.10. The lowest BCUT2D eigenvalue weighted by molar-refractivity contribution is 0.270. The van der Waals surface area contributed by atoms with E-state index in [9.17, 15) is 0 Å². The molecule has 0 bridgehead atoms. The molecule has 0 aliphatic heterocycles. The Labute approximate surface area is 102 Å². The van der Waals surface area contributed by atoms with Crippen LogP contribution in [0.3, 0.4) is 0 Å². The molecule has 0 amide bonds. The SMILES string of the molecule is CC(C)CN[C@H]1CCCC[C@@H]1NCC(C)C. The van der Waals surface area contributed by atoms with Crippen molar-refractivity contribution in [2.75, 3.05) is 13.1 Å². The standard InChI is InChI=1S/C14H30N2/c1-11(2)9-15-13-7-5-6-8-14(13)16-10-12(3)4/h11-16H,5-10H2,1-4H3/t13-,14-/m0/s1. The molecular formula is C14H30N2. The molecule has 1 aliphatic carbocycles. The van der Waals surface area contributed by atoms with Gasteiger partial charge in [-0.15, -0.1) is 0 Å². The van der Waals surface area contributed by atoms with Crippen LogP contribution in [0, 0.1) is 11.8 Å². The van der Waals surface area contributed by atoms with Crippen molar-refractivity contribution >= 4 is 0 Å². The average Bonchev–Trinajstić information content (AvgIpc) is 2.24. The Morgan fingerprint density at radius 3 is 1.50 bits per heavy atom. The fourth-order valence-electron chi connectivity index (χ4n) is 2.39. The summed E-state index contributed by atoms with van der Waals surface area (Å²) in [5.74, 6) is 1.51. The Bertz CT molecular complexity index is 158. The van der Waals surface area contributed by atoms with Crippen LogP contribution in [0.5, 0.6) is 0 Å². The van der Waals surface area contributed by atoms with E-state index in [0.717, 1.165) is 24.9 Å². The highest BCUT2D eigenvalue weighted by Gasteiger charge is 2.24. The fourth-order valence-corrected chi connectivity index (χ4v) is 2.39. The van der Waals surface area contributed by atoms with E-state index in [4.69, 9.17) is 0 Å². The van der Waals surface area contributed by atoms with E-state index in [1.807, 2.05) is 0 Å². The van der Waals surface area contributed by atoms with Gasteiger partial charge in [0.2, 0.25) is 0 Å². The summed E-state index contributed by atoms with van der Waals surface area (Å²) in [6.07, 6.45) is 5.50. The van der Waals surface area contributed by atoms with Crippen molar-refractivity contribution in [3.8, 4) is 0 Å². The van der Waals surface area contributed by atoms with Crippen LogP contribution < -0.4 is 10.6 Å². The number of hydrogen-bond acceptors (Lipinski definition) is 2. The van der Waals surface area contributed by atoms with Gasteiger partial charge in [0.25, 0.3) is 0 Å². The minimum atomic E-state index is 0.704. The quantitative estimate of drug-likeness (QED) is 0.728. The van der Waals surface area contributed by atoms with Gasteiger partial charge in [0, 0.05) is 12.1 Å². The van der Waals surface area contributed by atoms with E-state index < -0.39 is 0 Å². The fraction of sp³-hybridized carbons (Fsp3) is 1.00. The summed E-state index contributed by atoms with van der Waals surface area (Å²) >= 11 is 0. The average molecular weight is 226 g/mol. The van der Waals surface area contributed by atoms with Crippen molar-refractivity contribution < 1.29 is 0 Å². The molecule has 0 heterocycles. The van der Waals surface area contributed by atoms with Crippen molar-refractivity contribution in [1.29, 1.82) is 0 Å². The first-order valence-electron chi connectivity index (χ1n) is 7.06. The van der Waals surface area contributed by atoms with E-state index >= 15 is 0 Å². The highest BCUT2D eigenvalue weighted by molar-refractivity contribution is 4.86. The molecule has 0 aromatic heterocycles. The largest absolute Gasteiger partial charge is 0.312 e. The van der Waals surface area contributed by atoms with Gasteiger partial charge in [0.15, 0.2) is 0 Å². The lowest BCUT2D eigenvalue weighted by atomic mass is 9.89. The molecule has 1 fully saturated rings. The van der Waals surface area contributed by atoms with Gasteiger partial charge in [0.1, 0.15) is 0 Å². The highest BCUT2D eigenvalue weighted by Crippen LogP contribution is 2.19. The first kappa shape index (κ1) is 14.0. The van der Waals surface area contributed by atoms with Crippen LogP contribution in [-0.4, -0.2) is 25.2 Å². The second kappa shape index (κ2) is 7.29. The zero-order valence-corrected chi connectivity index (χ0v) is 11.6. The molecule has 2 atom stereocenters. The van der Waals surface area contributed by atoms with Gasteiger partial charge in [0.05, 0.1) is 0 Å². The minimum Gasteiger partial charge on any atom is -0.312 e. The molecule has 2 nitrogen and oxygen atoms in total.